The normalized spacial score (nSPS) is 20.8. The van der Waals surface area contributed by atoms with E-state index in [1.54, 1.807) is 17.5 Å². The van der Waals surface area contributed by atoms with Gasteiger partial charge in [-0.25, -0.2) is 4.98 Å². The molecule has 2 amide bonds. The standard InChI is InChI=1S/C16H20F3N3O2S/c17-16(18,19)15(24)22-8-3-12(4-9-22)14(23)21-6-1-11(2-7-21)13-20-5-10-25-13/h5,10-12H,1-4,6-9H2. The first-order chi connectivity index (χ1) is 11.9. The van der Waals surface area contributed by atoms with Crippen LogP contribution in [0.15, 0.2) is 11.6 Å². The molecule has 2 aliphatic rings. The first-order valence-electron chi connectivity index (χ1n) is 8.40. The minimum absolute atomic E-state index is 0.00959. The van der Waals surface area contributed by atoms with E-state index in [0.717, 1.165) is 22.7 Å². The van der Waals surface area contributed by atoms with E-state index in [1.807, 2.05) is 10.3 Å². The number of nitrogens with zero attached hydrogens (tertiary/aromatic N) is 3. The van der Waals surface area contributed by atoms with Crippen molar-refractivity contribution in [3.8, 4) is 0 Å². The van der Waals surface area contributed by atoms with Crippen molar-refractivity contribution >= 4 is 23.2 Å². The summed E-state index contributed by atoms with van der Waals surface area (Å²) in [5, 5.41) is 3.05. The number of carbonyl (C=O) groups excluding carboxylic acids is 2. The molecule has 0 radical (unpaired) electrons. The summed E-state index contributed by atoms with van der Waals surface area (Å²) in [4.78, 5) is 30.8. The zero-order valence-corrected chi connectivity index (χ0v) is 14.5. The fourth-order valence-electron chi connectivity index (χ4n) is 3.55. The molecule has 1 aromatic heterocycles. The van der Waals surface area contributed by atoms with Gasteiger partial charge in [-0.1, -0.05) is 0 Å². The highest BCUT2D eigenvalue weighted by atomic mass is 32.1. The van der Waals surface area contributed by atoms with Crippen molar-refractivity contribution in [2.45, 2.75) is 37.8 Å². The highest BCUT2D eigenvalue weighted by Gasteiger charge is 2.44. The Bertz CT molecular complexity index is 605. The van der Waals surface area contributed by atoms with Crippen LogP contribution in [0.5, 0.6) is 0 Å². The van der Waals surface area contributed by atoms with Crippen LogP contribution in [-0.4, -0.2) is 59.0 Å². The molecule has 3 heterocycles. The van der Waals surface area contributed by atoms with Crippen LogP contribution in [0.25, 0.3) is 0 Å². The van der Waals surface area contributed by atoms with Crippen LogP contribution < -0.4 is 0 Å². The van der Waals surface area contributed by atoms with Gasteiger partial charge in [0.15, 0.2) is 0 Å². The minimum Gasteiger partial charge on any atom is -0.342 e. The van der Waals surface area contributed by atoms with E-state index < -0.39 is 12.1 Å². The van der Waals surface area contributed by atoms with E-state index in [4.69, 9.17) is 0 Å². The Labute approximate surface area is 147 Å². The first kappa shape index (κ1) is 18.2. The number of likely N-dealkylation sites (tertiary alicyclic amines) is 2. The van der Waals surface area contributed by atoms with E-state index in [0.29, 0.717) is 31.8 Å². The second kappa shape index (κ2) is 7.31. The predicted molar refractivity (Wildman–Crippen MR) is 86.0 cm³/mol. The van der Waals surface area contributed by atoms with Gasteiger partial charge in [0.25, 0.3) is 0 Å². The number of aromatic nitrogens is 1. The van der Waals surface area contributed by atoms with Gasteiger partial charge in [-0.15, -0.1) is 11.3 Å². The number of carbonyl (C=O) groups is 2. The maximum absolute atomic E-state index is 12.6. The van der Waals surface area contributed by atoms with Gasteiger partial charge < -0.3 is 9.80 Å². The third kappa shape index (κ3) is 4.13. The SMILES string of the molecule is O=C(C1CCN(C(=O)C(F)(F)F)CC1)N1CCC(c2nccs2)CC1. The Hall–Kier alpha value is -1.64. The van der Waals surface area contributed by atoms with Crippen LogP contribution in [-0.2, 0) is 9.59 Å². The Morgan fingerprint density at radius 1 is 1.04 bits per heavy atom. The van der Waals surface area contributed by atoms with Crippen molar-refractivity contribution in [1.29, 1.82) is 0 Å². The van der Waals surface area contributed by atoms with Gasteiger partial charge in [-0.05, 0) is 25.7 Å². The summed E-state index contributed by atoms with van der Waals surface area (Å²) in [5.74, 6) is -1.69. The second-order valence-corrected chi connectivity index (χ2v) is 7.46. The third-order valence-electron chi connectivity index (χ3n) is 4.98. The van der Waals surface area contributed by atoms with Crippen LogP contribution in [0.1, 0.15) is 36.6 Å². The smallest absolute Gasteiger partial charge is 0.342 e. The maximum atomic E-state index is 12.6. The summed E-state index contributed by atoms with van der Waals surface area (Å²) < 4.78 is 37.4. The van der Waals surface area contributed by atoms with E-state index >= 15 is 0 Å². The molecular weight excluding hydrogens is 355 g/mol. The lowest BCUT2D eigenvalue weighted by atomic mass is 9.92. The largest absolute Gasteiger partial charge is 0.471 e. The van der Waals surface area contributed by atoms with Gasteiger partial charge in [-0.3, -0.25) is 9.59 Å². The number of amides is 2. The molecule has 0 N–H and O–H groups in total. The molecule has 138 valence electrons. The van der Waals surface area contributed by atoms with Crippen molar-refractivity contribution in [2.75, 3.05) is 26.2 Å². The molecule has 0 aliphatic carbocycles. The Morgan fingerprint density at radius 3 is 2.16 bits per heavy atom. The highest BCUT2D eigenvalue weighted by molar-refractivity contribution is 7.09. The Balaban J connectivity index is 1.48. The molecule has 2 saturated heterocycles. The molecule has 0 aromatic carbocycles. The zero-order chi connectivity index (χ0) is 18.0. The number of rotatable bonds is 2. The summed E-state index contributed by atoms with van der Waals surface area (Å²) in [7, 11) is 0. The van der Waals surface area contributed by atoms with Crippen molar-refractivity contribution in [2.24, 2.45) is 5.92 Å². The molecule has 1 aromatic rings. The average Bonchev–Trinajstić information content (AvgIpc) is 3.14. The van der Waals surface area contributed by atoms with Crippen LogP contribution in [0, 0.1) is 5.92 Å². The molecular formula is C16H20F3N3O2S. The molecule has 2 aliphatic heterocycles. The van der Waals surface area contributed by atoms with E-state index in [1.165, 1.54) is 0 Å². The van der Waals surface area contributed by atoms with Crippen LogP contribution in [0.2, 0.25) is 0 Å². The summed E-state index contributed by atoms with van der Waals surface area (Å²) in [6.07, 6.45) is -0.725. The molecule has 0 atom stereocenters. The van der Waals surface area contributed by atoms with Crippen molar-refractivity contribution in [3.63, 3.8) is 0 Å². The molecule has 3 rings (SSSR count). The Morgan fingerprint density at radius 2 is 1.64 bits per heavy atom. The summed E-state index contributed by atoms with van der Waals surface area (Å²) in [6.45, 7) is 1.30. The lowest BCUT2D eigenvalue weighted by Crippen LogP contribution is -2.49. The van der Waals surface area contributed by atoms with Crippen molar-refractivity contribution in [1.82, 2.24) is 14.8 Å². The molecule has 25 heavy (non-hydrogen) atoms. The molecule has 0 spiro atoms. The summed E-state index contributed by atoms with van der Waals surface area (Å²) in [5.41, 5.74) is 0. The molecule has 0 saturated carbocycles. The fourth-order valence-corrected chi connectivity index (χ4v) is 4.36. The van der Waals surface area contributed by atoms with Gasteiger partial charge >= 0.3 is 12.1 Å². The maximum Gasteiger partial charge on any atom is 0.471 e. The number of hydrogen-bond donors (Lipinski definition) is 0. The number of hydrogen-bond acceptors (Lipinski definition) is 4. The van der Waals surface area contributed by atoms with Gasteiger partial charge in [0.1, 0.15) is 0 Å². The van der Waals surface area contributed by atoms with E-state index in [9.17, 15) is 22.8 Å². The van der Waals surface area contributed by atoms with Gasteiger partial charge in [0, 0.05) is 49.6 Å². The molecule has 9 heteroatoms. The molecule has 2 fully saturated rings. The average molecular weight is 375 g/mol. The Kier molecular flexibility index (Phi) is 5.31. The third-order valence-corrected chi connectivity index (χ3v) is 5.92. The topological polar surface area (TPSA) is 53.5 Å². The summed E-state index contributed by atoms with van der Waals surface area (Å²) >= 11 is 1.63. The number of alkyl halides is 3. The second-order valence-electron chi connectivity index (χ2n) is 6.53. The lowest BCUT2D eigenvalue weighted by molar-refractivity contribution is -0.187. The van der Waals surface area contributed by atoms with Crippen LogP contribution >= 0.6 is 11.3 Å². The minimum atomic E-state index is -4.84. The fraction of sp³-hybridized carbons (Fsp3) is 0.688. The summed E-state index contributed by atoms with van der Waals surface area (Å²) in [6, 6.07) is 0. The molecule has 5 nitrogen and oxygen atoms in total. The van der Waals surface area contributed by atoms with Gasteiger partial charge in [-0.2, -0.15) is 13.2 Å². The monoisotopic (exact) mass is 375 g/mol. The molecule has 0 unspecified atom stereocenters. The number of piperidine rings is 2. The van der Waals surface area contributed by atoms with Gasteiger partial charge in [0.2, 0.25) is 5.91 Å². The quantitative estimate of drug-likeness (QED) is 0.799. The van der Waals surface area contributed by atoms with E-state index in [2.05, 4.69) is 4.98 Å². The van der Waals surface area contributed by atoms with Gasteiger partial charge in [0.05, 0.1) is 5.01 Å². The first-order valence-corrected chi connectivity index (χ1v) is 9.28. The highest BCUT2D eigenvalue weighted by Crippen LogP contribution is 2.31. The van der Waals surface area contributed by atoms with Crippen LogP contribution in [0.3, 0.4) is 0 Å². The van der Waals surface area contributed by atoms with Crippen molar-refractivity contribution in [3.05, 3.63) is 16.6 Å². The van der Waals surface area contributed by atoms with Crippen LogP contribution in [0.4, 0.5) is 13.2 Å². The lowest BCUT2D eigenvalue weighted by Gasteiger charge is -2.37. The predicted octanol–water partition coefficient (Wildman–Crippen LogP) is 2.65. The zero-order valence-electron chi connectivity index (χ0n) is 13.7. The molecule has 0 bridgehead atoms. The number of thiazole rings is 1. The number of halogens is 3. The van der Waals surface area contributed by atoms with E-state index in [-0.39, 0.29) is 24.9 Å². The van der Waals surface area contributed by atoms with Crippen molar-refractivity contribution < 1.29 is 22.8 Å².